The van der Waals surface area contributed by atoms with Crippen molar-refractivity contribution in [3.8, 4) is 11.1 Å². The van der Waals surface area contributed by atoms with Crippen LogP contribution < -0.4 is 11.1 Å². The highest BCUT2D eigenvalue weighted by Crippen LogP contribution is 2.23. The van der Waals surface area contributed by atoms with Crippen LogP contribution in [-0.2, 0) is 28.9 Å². The maximum absolute atomic E-state index is 14.7. The molecule has 3 N–H and O–H groups in total. The van der Waals surface area contributed by atoms with Gasteiger partial charge in [0.2, 0.25) is 11.8 Å². The molecule has 256 valence electrons. The fourth-order valence-corrected chi connectivity index (χ4v) is 6.10. The van der Waals surface area contributed by atoms with Crippen LogP contribution >= 0.6 is 0 Å². The van der Waals surface area contributed by atoms with Crippen molar-refractivity contribution in [3.05, 3.63) is 167 Å². The quantitative estimate of drug-likeness (QED) is 0.142. The number of hydrogen-bond donors (Lipinski definition) is 2. The van der Waals surface area contributed by atoms with E-state index >= 15 is 0 Å². The second kappa shape index (κ2) is 17.2. The molecular weight excluding hydrogens is 620 g/mol. The van der Waals surface area contributed by atoms with E-state index in [2.05, 4.69) is 17.4 Å². The zero-order valence-corrected chi connectivity index (χ0v) is 29.0. The van der Waals surface area contributed by atoms with Gasteiger partial charge in [0.05, 0.1) is 0 Å². The van der Waals surface area contributed by atoms with E-state index in [1.54, 1.807) is 32.3 Å². The number of hydrogen-bond acceptors (Lipinski definition) is 4. The van der Waals surface area contributed by atoms with Crippen molar-refractivity contribution >= 4 is 17.7 Å². The Kier molecular flexibility index (Phi) is 12.3. The summed E-state index contributed by atoms with van der Waals surface area (Å²) in [6.07, 6.45) is 1.26. The smallest absolute Gasteiger partial charge is 0.254 e. The van der Waals surface area contributed by atoms with Crippen LogP contribution in [0.4, 0.5) is 0 Å². The summed E-state index contributed by atoms with van der Waals surface area (Å²) in [4.78, 5) is 45.5. The van der Waals surface area contributed by atoms with E-state index in [1.165, 1.54) is 9.80 Å². The highest BCUT2D eigenvalue weighted by atomic mass is 16.2. The van der Waals surface area contributed by atoms with Crippen molar-refractivity contribution in [2.45, 2.75) is 44.3 Å². The molecule has 0 bridgehead atoms. The first-order valence-corrected chi connectivity index (χ1v) is 17.1. The number of nitrogens with one attached hydrogen (secondary N) is 1. The van der Waals surface area contributed by atoms with Gasteiger partial charge in [-0.05, 0) is 58.9 Å². The van der Waals surface area contributed by atoms with Crippen molar-refractivity contribution < 1.29 is 14.4 Å². The van der Waals surface area contributed by atoms with Gasteiger partial charge in [-0.3, -0.25) is 14.4 Å². The van der Waals surface area contributed by atoms with Gasteiger partial charge in [0.15, 0.2) is 0 Å². The lowest BCUT2D eigenvalue weighted by molar-refractivity contribution is -0.142. The third-order valence-electron chi connectivity index (χ3n) is 9.17. The first kappa shape index (κ1) is 35.8. The van der Waals surface area contributed by atoms with Gasteiger partial charge in [0.25, 0.3) is 5.91 Å². The summed E-state index contributed by atoms with van der Waals surface area (Å²) in [5.74, 6) is -0.868. The predicted molar refractivity (Wildman–Crippen MR) is 200 cm³/mol. The molecule has 3 amide bonds. The standard InChI is InChI=1S/C43H46N4O3/c1-31(44)37-20-13-21-38(30-37)42(49)47(3)40(29-34-22-24-36(25-23-34)35-18-11-6-12-19-35)43(50)46(2)39(28-33-16-9-5-10-17-33)41(48)45-27-26-32-14-7-4-8-15-32/h4-25,30-31,39-40H,26-29,44H2,1-3H3,(H,45,48)/t31?,39-,40-/m1/s1. The Labute approximate surface area is 295 Å². The van der Waals surface area contributed by atoms with E-state index in [1.807, 2.05) is 116 Å². The number of nitrogens with two attached hydrogens (primary N) is 1. The van der Waals surface area contributed by atoms with Crippen LogP contribution in [0.5, 0.6) is 0 Å². The van der Waals surface area contributed by atoms with Gasteiger partial charge in [0.1, 0.15) is 12.1 Å². The summed E-state index contributed by atoms with van der Waals surface area (Å²) in [6.45, 7) is 2.30. The molecule has 0 aliphatic rings. The van der Waals surface area contributed by atoms with E-state index in [0.717, 1.165) is 33.4 Å². The number of carbonyl (C=O) groups is 3. The van der Waals surface area contributed by atoms with Crippen molar-refractivity contribution in [2.75, 3.05) is 20.6 Å². The number of carbonyl (C=O) groups excluding carboxylic acids is 3. The number of likely N-dealkylation sites (N-methyl/N-ethyl adjacent to an activating group) is 2. The van der Waals surface area contributed by atoms with E-state index < -0.39 is 12.1 Å². The molecule has 0 spiro atoms. The molecule has 7 nitrogen and oxygen atoms in total. The first-order chi connectivity index (χ1) is 24.2. The zero-order valence-electron chi connectivity index (χ0n) is 29.0. The predicted octanol–water partition coefficient (Wildman–Crippen LogP) is 6.49. The molecule has 0 heterocycles. The normalized spacial score (nSPS) is 12.7. The molecule has 5 rings (SSSR count). The Morgan fingerprint density at radius 3 is 1.78 bits per heavy atom. The maximum Gasteiger partial charge on any atom is 0.254 e. The Hall–Kier alpha value is -5.53. The Morgan fingerprint density at radius 1 is 0.620 bits per heavy atom. The minimum absolute atomic E-state index is 0.245. The second-order valence-electron chi connectivity index (χ2n) is 12.8. The highest BCUT2D eigenvalue weighted by Gasteiger charge is 2.35. The minimum atomic E-state index is -0.885. The van der Waals surface area contributed by atoms with Crippen LogP contribution in [0.2, 0.25) is 0 Å². The Morgan fingerprint density at radius 2 is 1.16 bits per heavy atom. The highest BCUT2D eigenvalue weighted by molar-refractivity contribution is 5.98. The van der Waals surface area contributed by atoms with E-state index in [0.29, 0.717) is 24.9 Å². The van der Waals surface area contributed by atoms with E-state index in [9.17, 15) is 14.4 Å². The number of amides is 3. The Bertz CT molecular complexity index is 1840. The number of benzene rings is 5. The summed E-state index contributed by atoms with van der Waals surface area (Å²) in [7, 11) is 3.31. The molecule has 0 aliphatic carbocycles. The largest absolute Gasteiger partial charge is 0.354 e. The van der Waals surface area contributed by atoms with Crippen molar-refractivity contribution in [2.24, 2.45) is 5.73 Å². The molecule has 50 heavy (non-hydrogen) atoms. The van der Waals surface area contributed by atoms with Gasteiger partial charge < -0.3 is 20.9 Å². The second-order valence-corrected chi connectivity index (χ2v) is 12.8. The summed E-state index contributed by atoms with van der Waals surface area (Å²) in [5.41, 5.74) is 12.5. The topological polar surface area (TPSA) is 95.7 Å². The lowest BCUT2D eigenvalue weighted by atomic mass is 9.97. The van der Waals surface area contributed by atoms with Crippen LogP contribution in [0.3, 0.4) is 0 Å². The minimum Gasteiger partial charge on any atom is -0.354 e. The molecule has 1 unspecified atom stereocenters. The van der Waals surface area contributed by atoms with Crippen LogP contribution in [0.1, 0.15) is 45.6 Å². The van der Waals surface area contributed by atoms with Crippen molar-refractivity contribution in [1.82, 2.24) is 15.1 Å². The van der Waals surface area contributed by atoms with E-state index in [4.69, 9.17) is 5.73 Å². The average Bonchev–Trinajstić information content (AvgIpc) is 3.16. The average molecular weight is 667 g/mol. The molecule has 5 aromatic rings. The molecule has 3 atom stereocenters. The van der Waals surface area contributed by atoms with Gasteiger partial charge >= 0.3 is 0 Å². The van der Waals surface area contributed by atoms with Crippen LogP contribution in [0.25, 0.3) is 11.1 Å². The summed E-state index contributed by atoms with van der Waals surface area (Å²) in [6, 6.07) is 43.0. The lowest BCUT2D eigenvalue weighted by Crippen LogP contribution is -2.56. The molecule has 0 aromatic heterocycles. The summed E-state index contributed by atoms with van der Waals surface area (Å²) in [5, 5.41) is 3.07. The first-order valence-electron chi connectivity index (χ1n) is 17.1. The molecular formula is C43H46N4O3. The Balaban J connectivity index is 1.43. The van der Waals surface area contributed by atoms with Crippen LogP contribution in [0.15, 0.2) is 140 Å². The third kappa shape index (κ3) is 9.33. The molecule has 0 aliphatic heterocycles. The van der Waals surface area contributed by atoms with Crippen LogP contribution in [-0.4, -0.2) is 60.2 Å². The van der Waals surface area contributed by atoms with Gasteiger partial charge in [0, 0.05) is 45.1 Å². The van der Waals surface area contributed by atoms with Gasteiger partial charge in [-0.1, -0.05) is 127 Å². The summed E-state index contributed by atoms with van der Waals surface area (Å²) < 4.78 is 0. The monoisotopic (exact) mass is 666 g/mol. The van der Waals surface area contributed by atoms with E-state index in [-0.39, 0.29) is 30.2 Å². The zero-order chi connectivity index (χ0) is 35.5. The van der Waals surface area contributed by atoms with Gasteiger partial charge in [-0.2, -0.15) is 0 Å². The van der Waals surface area contributed by atoms with Crippen LogP contribution in [0, 0.1) is 0 Å². The van der Waals surface area contributed by atoms with Gasteiger partial charge in [-0.25, -0.2) is 0 Å². The molecule has 0 radical (unpaired) electrons. The maximum atomic E-state index is 14.7. The summed E-state index contributed by atoms with van der Waals surface area (Å²) >= 11 is 0. The lowest BCUT2D eigenvalue weighted by Gasteiger charge is -2.35. The van der Waals surface area contributed by atoms with Gasteiger partial charge in [-0.15, -0.1) is 0 Å². The molecule has 0 saturated carbocycles. The van der Waals surface area contributed by atoms with Crippen molar-refractivity contribution in [1.29, 1.82) is 0 Å². The third-order valence-corrected chi connectivity index (χ3v) is 9.17. The fourth-order valence-electron chi connectivity index (χ4n) is 6.10. The fraction of sp³-hybridized carbons (Fsp3) is 0.233. The number of nitrogens with zero attached hydrogens (tertiary/aromatic N) is 2. The van der Waals surface area contributed by atoms with Crippen molar-refractivity contribution in [3.63, 3.8) is 0 Å². The molecule has 5 aromatic carbocycles. The molecule has 0 fully saturated rings. The SMILES string of the molecule is CC(N)c1cccc(C(=O)N(C)[C@H](Cc2ccc(-c3ccccc3)cc2)C(=O)N(C)[C@H](Cc2ccccc2)C(=O)NCCc2ccccc2)c1. The molecule has 7 heteroatoms. The molecule has 0 saturated heterocycles. The number of rotatable bonds is 14.